The number of aliphatic hydroxyl groups is 1. The molecule has 94 valence electrons. The fourth-order valence-corrected chi connectivity index (χ4v) is 2.26. The first-order valence-corrected chi connectivity index (χ1v) is 6.70. The number of hydrogen-bond acceptors (Lipinski definition) is 2. The third-order valence-electron chi connectivity index (χ3n) is 3.11. The van der Waals surface area contributed by atoms with Crippen LogP contribution >= 0.6 is 15.9 Å². The second kappa shape index (κ2) is 5.63. The molecule has 2 nitrogen and oxygen atoms in total. The van der Waals surface area contributed by atoms with Gasteiger partial charge < -0.3 is 5.11 Å². The second-order valence-electron chi connectivity index (χ2n) is 4.58. The van der Waals surface area contributed by atoms with Crippen LogP contribution in [0.2, 0.25) is 0 Å². The van der Waals surface area contributed by atoms with Gasteiger partial charge in [0.2, 0.25) is 0 Å². The van der Waals surface area contributed by atoms with E-state index < -0.39 is 6.10 Å². The molecular weight excluding hydrogens is 290 g/mol. The van der Waals surface area contributed by atoms with Crippen LogP contribution in [0, 0.1) is 13.8 Å². The molecule has 1 heterocycles. The van der Waals surface area contributed by atoms with Crippen molar-refractivity contribution in [2.45, 2.75) is 26.4 Å². The summed E-state index contributed by atoms with van der Waals surface area (Å²) in [5.41, 5.74) is 4.51. The maximum Gasteiger partial charge on any atom is 0.0845 e. The number of nitrogens with zero attached hydrogens (tertiary/aromatic N) is 1. The lowest BCUT2D eigenvalue weighted by Crippen LogP contribution is -2.02. The Kier molecular flexibility index (Phi) is 4.15. The van der Waals surface area contributed by atoms with Crippen molar-refractivity contribution in [3.63, 3.8) is 0 Å². The highest BCUT2D eigenvalue weighted by molar-refractivity contribution is 9.10. The molecule has 18 heavy (non-hydrogen) atoms. The minimum atomic E-state index is -0.517. The number of benzene rings is 1. The molecule has 0 aliphatic rings. The van der Waals surface area contributed by atoms with E-state index in [1.54, 1.807) is 12.4 Å². The summed E-state index contributed by atoms with van der Waals surface area (Å²) in [4.78, 5) is 4.07. The summed E-state index contributed by atoms with van der Waals surface area (Å²) >= 11 is 3.36. The molecule has 0 saturated heterocycles. The Morgan fingerprint density at radius 3 is 2.61 bits per heavy atom. The third kappa shape index (κ3) is 3.18. The van der Waals surface area contributed by atoms with Gasteiger partial charge in [-0.1, -0.05) is 18.2 Å². The molecule has 2 rings (SSSR count). The highest BCUT2D eigenvalue weighted by atomic mass is 79.9. The van der Waals surface area contributed by atoms with Crippen LogP contribution in [-0.2, 0) is 6.42 Å². The summed E-state index contributed by atoms with van der Waals surface area (Å²) < 4.78 is 0.888. The minimum Gasteiger partial charge on any atom is -0.388 e. The average Bonchev–Trinajstić information content (AvgIpc) is 2.34. The van der Waals surface area contributed by atoms with Gasteiger partial charge in [-0.2, -0.15) is 0 Å². The predicted molar refractivity (Wildman–Crippen MR) is 76.5 cm³/mol. The minimum absolute atomic E-state index is 0.517. The molecule has 0 aliphatic heterocycles. The molecule has 1 aromatic heterocycles. The lowest BCUT2D eigenvalue weighted by molar-refractivity contribution is 0.178. The van der Waals surface area contributed by atoms with E-state index in [1.165, 1.54) is 11.1 Å². The number of aryl methyl sites for hydroxylation is 2. The van der Waals surface area contributed by atoms with Crippen molar-refractivity contribution in [1.82, 2.24) is 4.98 Å². The van der Waals surface area contributed by atoms with Crippen LogP contribution in [0.4, 0.5) is 0 Å². The Morgan fingerprint density at radius 2 is 1.94 bits per heavy atom. The number of hydrogen-bond donors (Lipinski definition) is 1. The Balaban J connectivity index is 2.16. The maximum atomic E-state index is 10.2. The molecule has 1 N–H and O–H groups in total. The highest BCUT2D eigenvalue weighted by Crippen LogP contribution is 2.21. The van der Waals surface area contributed by atoms with Crippen molar-refractivity contribution in [3.05, 3.63) is 63.4 Å². The molecule has 3 heteroatoms. The van der Waals surface area contributed by atoms with Gasteiger partial charge in [-0.3, -0.25) is 4.98 Å². The Labute approximate surface area is 116 Å². The maximum absolute atomic E-state index is 10.2. The summed E-state index contributed by atoms with van der Waals surface area (Å²) in [6, 6.07) is 8.19. The van der Waals surface area contributed by atoms with Crippen molar-refractivity contribution in [2.24, 2.45) is 0 Å². The number of rotatable bonds is 3. The molecule has 1 atom stereocenters. The molecule has 0 bridgehead atoms. The summed E-state index contributed by atoms with van der Waals surface area (Å²) in [5, 5.41) is 10.2. The summed E-state index contributed by atoms with van der Waals surface area (Å²) in [6.45, 7) is 4.18. The standard InChI is InChI=1S/C15H16BrNO/c1-10-3-4-12(5-11(10)2)6-15(18)13-7-14(16)9-17-8-13/h3-5,7-9,15,18H,6H2,1-2H3. The molecule has 1 unspecified atom stereocenters. The molecule has 1 aromatic carbocycles. The van der Waals surface area contributed by atoms with E-state index in [2.05, 4.69) is 53.0 Å². The van der Waals surface area contributed by atoms with E-state index in [0.29, 0.717) is 6.42 Å². The van der Waals surface area contributed by atoms with Gasteiger partial charge in [0.25, 0.3) is 0 Å². The zero-order valence-corrected chi connectivity index (χ0v) is 12.1. The van der Waals surface area contributed by atoms with Crippen molar-refractivity contribution in [3.8, 4) is 0 Å². The van der Waals surface area contributed by atoms with Gasteiger partial charge >= 0.3 is 0 Å². The molecule has 0 fully saturated rings. The van der Waals surface area contributed by atoms with Crippen LogP contribution in [0.1, 0.15) is 28.4 Å². The van der Waals surface area contributed by atoms with Gasteiger partial charge in [0.1, 0.15) is 0 Å². The number of aliphatic hydroxyl groups excluding tert-OH is 1. The van der Waals surface area contributed by atoms with E-state index in [4.69, 9.17) is 0 Å². The molecule has 0 spiro atoms. The highest BCUT2D eigenvalue weighted by Gasteiger charge is 2.10. The van der Waals surface area contributed by atoms with Crippen LogP contribution in [0.15, 0.2) is 41.1 Å². The van der Waals surface area contributed by atoms with Crippen molar-refractivity contribution in [1.29, 1.82) is 0 Å². The summed E-state index contributed by atoms with van der Waals surface area (Å²) in [6.07, 6.45) is 3.51. The SMILES string of the molecule is Cc1ccc(CC(O)c2cncc(Br)c2)cc1C. The van der Waals surface area contributed by atoms with Gasteiger partial charge in [-0.15, -0.1) is 0 Å². The van der Waals surface area contributed by atoms with E-state index in [0.717, 1.165) is 15.6 Å². The van der Waals surface area contributed by atoms with Gasteiger partial charge in [-0.05, 0) is 52.5 Å². The zero-order chi connectivity index (χ0) is 13.1. The van der Waals surface area contributed by atoms with Gasteiger partial charge in [-0.25, -0.2) is 0 Å². The van der Waals surface area contributed by atoms with Crippen molar-refractivity contribution >= 4 is 15.9 Å². The van der Waals surface area contributed by atoms with E-state index in [-0.39, 0.29) is 0 Å². The quantitative estimate of drug-likeness (QED) is 0.937. The predicted octanol–water partition coefficient (Wildman–Crippen LogP) is 3.74. The van der Waals surface area contributed by atoms with Gasteiger partial charge in [0, 0.05) is 28.9 Å². The average molecular weight is 306 g/mol. The molecule has 2 aromatic rings. The van der Waals surface area contributed by atoms with Crippen molar-refractivity contribution < 1.29 is 5.11 Å². The molecular formula is C15H16BrNO. The lowest BCUT2D eigenvalue weighted by atomic mass is 9.99. The van der Waals surface area contributed by atoms with E-state index >= 15 is 0 Å². The van der Waals surface area contributed by atoms with Crippen LogP contribution in [0.5, 0.6) is 0 Å². The normalized spacial score (nSPS) is 12.4. The van der Waals surface area contributed by atoms with Gasteiger partial charge in [0.15, 0.2) is 0 Å². The summed E-state index contributed by atoms with van der Waals surface area (Å²) in [5.74, 6) is 0. The first-order valence-electron chi connectivity index (χ1n) is 5.91. The topological polar surface area (TPSA) is 33.1 Å². The molecule has 0 amide bonds. The first kappa shape index (κ1) is 13.2. The number of aromatic nitrogens is 1. The Bertz CT molecular complexity index is 554. The van der Waals surface area contributed by atoms with Gasteiger partial charge in [0.05, 0.1) is 6.10 Å². The third-order valence-corrected chi connectivity index (χ3v) is 3.54. The fraction of sp³-hybridized carbons (Fsp3) is 0.267. The number of halogens is 1. The Morgan fingerprint density at radius 1 is 1.17 bits per heavy atom. The van der Waals surface area contributed by atoms with Crippen LogP contribution in [-0.4, -0.2) is 10.1 Å². The monoisotopic (exact) mass is 305 g/mol. The largest absolute Gasteiger partial charge is 0.388 e. The summed E-state index contributed by atoms with van der Waals surface area (Å²) in [7, 11) is 0. The first-order chi connectivity index (χ1) is 8.56. The molecule has 0 saturated carbocycles. The van der Waals surface area contributed by atoms with E-state index in [9.17, 15) is 5.11 Å². The fourth-order valence-electron chi connectivity index (χ4n) is 1.88. The van der Waals surface area contributed by atoms with Crippen LogP contribution < -0.4 is 0 Å². The van der Waals surface area contributed by atoms with Crippen molar-refractivity contribution in [2.75, 3.05) is 0 Å². The second-order valence-corrected chi connectivity index (χ2v) is 5.49. The Hall–Kier alpha value is -1.19. The van der Waals surface area contributed by atoms with Crippen LogP contribution in [0.25, 0.3) is 0 Å². The molecule has 0 radical (unpaired) electrons. The van der Waals surface area contributed by atoms with E-state index in [1.807, 2.05) is 6.07 Å². The lowest BCUT2D eigenvalue weighted by Gasteiger charge is -2.12. The number of pyridine rings is 1. The smallest absolute Gasteiger partial charge is 0.0845 e. The molecule has 0 aliphatic carbocycles. The zero-order valence-electron chi connectivity index (χ0n) is 10.5. The van der Waals surface area contributed by atoms with Crippen LogP contribution in [0.3, 0.4) is 0 Å².